The molecule has 0 amide bonds. The number of halogens is 2. The van der Waals surface area contributed by atoms with E-state index in [-0.39, 0.29) is 5.75 Å². The summed E-state index contributed by atoms with van der Waals surface area (Å²) in [6, 6.07) is 20.8. The van der Waals surface area contributed by atoms with Crippen molar-refractivity contribution in [3.8, 4) is 16.9 Å². The number of hydrogen-bond acceptors (Lipinski definition) is 3. The fourth-order valence-electron chi connectivity index (χ4n) is 2.13. The number of nitrogens with one attached hydrogen (secondary N) is 1. The van der Waals surface area contributed by atoms with Gasteiger partial charge in [-0.15, -0.1) is 0 Å². The monoisotopic (exact) mass is 361 g/mol. The van der Waals surface area contributed by atoms with Crippen molar-refractivity contribution in [2.24, 2.45) is 0 Å². The first-order valence-electron chi connectivity index (χ1n) is 6.89. The van der Waals surface area contributed by atoms with E-state index in [1.165, 1.54) is 11.9 Å². The van der Waals surface area contributed by atoms with Crippen LogP contribution in [0.4, 0.5) is 5.69 Å². The van der Waals surface area contributed by atoms with Crippen LogP contribution in [-0.4, -0.2) is 5.11 Å². The quantitative estimate of drug-likeness (QED) is 0.411. The Morgan fingerprint density at radius 3 is 2.17 bits per heavy atom. The van der Waals surface area contributed by atoms with Crippen LogP contribution in [0.3, 0.4) is 0 Å². The van der Waals surface area contributed by atoms with Gasteiger partial charge in [0, 0.05) is 14.9 Å². The van der Waals surface area contributed by atoms with Gasteiger partial charge in [0.05, 0.1) is 5.69 Å². The first kappa shape index (κ1) is 16.1. The van der Waals surface area contributed by atoms with Gasteiger partial charge in [-0.1, -0.05) is 59.6 Å². The van der Waals surface area contributed by atoms with Gasteiger partial charge in [0.15, 0.2) is 0 Å². The molecule has 2 N–H and O–H groups in total. The number of phenols is 1. The molecule has 0 aliphatic carbocycles. The smallest absolute Gasteiger partial charge is 0.139 e. The minimum atomic E-state index is 0.185. The van der Waals surface area contributed by atoms with Crippen molar-refractivity contribution in [3.05, 3.63) is 76.8 Å². The highest BCUT2D eigenvalue weighted by Gasteiger charge is 2.06. The van der Waals surface area contributed by atoms with Gasteiger partial charge < -0.3 is 9.83 Å². The maximum atomic E-state index is 10.0. The van der Waals surface area contributed by atoms with Crippen LogP contribution in [0.5, 0.6) is 5.75 Å². The van der Waals surface area contributed by atoms with Gasteiger partial charge in [-0.25, -0.2) is 0 Å². The fraction of sp³-hybridized carbons (Fsp3) is 0. The highest BCUT2D eigenvalue weighted by atomic mass is 35.5. The van der Waals surface area contributed by atoms with Crippen LogP contribution in [0.2, 0.25) is 10.0 Å². The molecule has 5 heteroatoms. The van der Waals surface area contributed by atoms with Crippen LogP contribution < -0.4 is 4.72 Å². The van der Waals surface area contributed by atoms with Crippen LogP contribution in [0.15, 0.2) is 71.6 Å². The molecule has 116 valence electrons. The second-order valence-corrected chi connectivity index (χ2v) is 6.66. The zero-order chi connectivity index (χ0) is 16.2. The Morgan fingerprint density at radius 2 is 1.48 bits per heavy atom. The molecule has 0 fully saturated rings. The average molecular weight is 362 g/mol. The fourth-order valence-corrected chi connectivity index (χ4v) is 3.55. The lowest BCUT2D eigenvalue weighted by molar-refractivity contribution is 0.478. The summed E-state index contributed by atoms with van der Waals surface area (Å²) in [5, 5.41) is 11.2. The third kappa shape index (κ3) is 4.14. The second-order valence-electron chi connectivity index (χ2n) is 4.91. The Morgan fingerprint density at radius 1 is 0.783 bits per heavy atom. The van der Waals surface area contributed by atoms with Gasteiger partial charge in [-0.2, -0.15) is 0 Å². The number of rotatable bonds is 4. The Labute approximate surface area is 149 Å². The van der Waals surface area contributed by atoms with Crippen LogP contribution >= 0.6 is 35.1 Å². The van der Waals surface area contributed by atoms with Crippen molar-refractivity contribution >= 4 is 40.8 Å². The van der Waals surface area contributed by atoms with E-state index in [4.69, 9.17) is 23.2 Å². The van der Waals surface area contributed by atoms with Crippen LogP contribution in [0, 0.1) is 0 Å². The number of hydrogen-bond donors (Lipinski definition) is 2. The van der Waals surface area contributed by atoms with E-state index in [2.05, 4.69) is 4.72 Å². The molecule has 0 unspecified atom stereocenters. The van der Waals surface area contributed by atoms with Crippen molar-refractivity contribution in [1.29, 1.82) is 0 Å². The molecule has 0 radical (unpaired) electrons. The lowest BCUT2D eigenvalue weighted by Gasteiger charge is -2.10. The molecule has 0 spiro atoms. The van der Waals surface area contributed by atoms with Gasteiger partial charge in [-0.3, -0.25) is 0 Å². The first-order chi connectivity index (χ1) is 11.1. The maximum Gasteiger partial charge on any atom is 0.139 e. The van der Waals surface area contributed by atoms with Gasteiger partial charge >= 0.3 is 0 Å². The second kappa shape index (κ2) is 7.18. The molecular formula is C18H13Cl2NOS. The van der Waals surface area contributed by atoms with Gasteiger partial charge in [0.25, 0.3) is 0 Å². The van der Waals surface area contributed by atoms with Gasteiger partial charge in [0.1, 0.15) is 5.75 Å². The average Bonchev–Trinajstić information content (AvgIpc) is 2.54. The Balaban J connectivity index is 1.82. The largest absolute Gasteiger partial charge is 0.506 e. The maximum absolute atomic E-state index is 10.0. The number of benzene rings is 3. The van der Waals surface area contributed by atoms with Gasteiger partial charge in [0.2, 0.25) is 0 Å². The summed E-state index contributed by atoms with van der Waals surface area (Å²) in [6.45, 7) is 0. The van der Waals surface area contributed by atoms with E-state index in [1.54, 1.807) is 12.1 Å². The zero-order valence-corrected chi connectivity index (χ0v) is 14.3. The van der Waals surface area contributed by atoms with Crippen molar-refractivity contribution in [1.82, 2.24) is 0 Å². The molecule has 0 aromatic heterocycles. The number of aromatic hydroxyl groups is 1. The summed E-state index contributed by atoms with van der Waals surface area (Å²) in [5.41, 5.74) is 2.74. The molecule has 0 heterocycles. The number of phenolic OH excluding ortho intramolecular Hbond substituents is 1. The van der Waals surface area contributed by atoms with Crippen molar-refractivity contribution in [2.45, 2.75) is 4.90 Å². The van der Waals surface area contributed by atoms with Crippen molar-refractivity contribution in [2.75, 3.05) is 4.72 Å². The van der Waals surface area contributed by atoms with E-state index in [1.807, 2.05) is 54.6 Å². The summed E-state index contributed by atoms with van der Waals surface area (Å²) in [5.74, 6) is 0.185. The Kier molecular flexibility index (Phi) is 5.01. The minimum absolute atomic E-state index is 0.185. The molecule has 0 aliphatic rings. The van der Waals surface area contributed by atoms with Crippen LogP contribution in [0.1, 0.15) is 0 Å². The Hall–Kier alpha value is -1.81. The highest BCUT2D eigenvalue weighted by molar-refractivity contribution is 8.00. The highest BCUT2D eigenvalue weighted by Crippen LogP contribution is 2.34. The molecule has 3 aromatic carbocycles. The van der Waals surface area contributed by atoms with E-state index in [0.29, 0.717) is 15.7 Å². The van der Waals surface area contributed by atoms with Crippen molar-refractivity contribution < 1.29 is 5.11 Å². The first-order valence-corrected chi connectivity index (χ1v) is 8.46. The number of anilines is 1. The third-order valence-corrected chi connectivity index (χ3v) is 4.45. The molecule has 0 atom stereocenters. The van der Waals surface area contributed by atoms with Gasteiger partial charge in [-0.05, 0) is 53.4 Å². The predicted octanol–water partition coefficient (Wildman–Crippen LogP) is 6.49. The molecule has 2 nitrogen and oxygen atoms in total. The molecule has 3 aromatic rings. The molecule has 0 aliphatic heterocycles. The van der Waals surface area contributed by atoms with E-state index in [9.17, 15) is 5.11 Å². The standard InChI is InChI=1S/C18H13Cl2NOS/c19-14-9-15(20)11-16(10-14)23-21-17-8-13(6-7-18(17)22)12-4-2-1-3-5-12/h1-11,21-22H. The van der Waals surface area contributed by atoms with Crippen LogP contribution in [-0.2, 0) is 0 Å². The minimum Gasteiger partial charge on any atom is -0.506 e. The zero-order valence-electron chi connectivity index (χ0n) is 12.0. The van der Waals surface area contributed by atoms with Crippen molar-refractivity contribution in [3.63, 3.8) is 0 Å². The molecule has 3 rings (SSSR count). The molecule has 0 saturated heterocycles. The summed E-state index contributed by atoms with van der Waals surface area (Å²) < 4.78 is 3.14. The predicted molar refractivity (Wildman–Crippen MR) is 99.5 cm³/mol. The molecule has 0 saturated carbocycles. The summed E-state index contributed by atoms with van der Waals surface area (Å²) in [4.78, 5) is 0.868. The molecular weight excluding hydrogens is 349 g/mol. The molecule has 23 heavy (non-hydrogen) atoms. The lowest BCUT2D eigenvalue weighted by atomic mass is 10.1. The summed E-state index contributed by atoms with van der Waals surface area (Å²) >= 11 is 13.3. The Bertz CT molecular complexity index is 804. The summed E-state index contributed by atoms with van der Waals surface area (Å²) in [7, 11) is 0. The summed E-state index contributed by atoms with van der Waals surface area (Å²) in [6.07, 6.45) is 0. The van der Waals surface area contributed by atoms with E-state index in [0.717, 1.165) is 16.0 Å². The topological polar surface area (TPSA) is 32.3 Å². The SMILES string of the molecule is Oc1ccc(-c2ccccc2)cc1NSc1cc(Cl)cc(Cl)c1. The normalized spacial score (nSPS) is 10.5. The lowest BCUT2D eigenvalue weighted by Crippen LogP contribution is -1.89. The molecule has 0 bridgehead atoms. The van der Waals surface area contributed by atoms with E-state index >= 15 is 0 Å². The van der Waals surface area contributed by atoms with E-state index < -0.39 is 0 Å². The van der Waals surface area contributed by atoms with Crippen LogP contribution in [0.25, 0.3) is 11.1 Å². The third-order valence-electron chi connectivity index (χ3n) is 3.22.